The zero-order valence-corrected chi connectivity index (χ0v) is 11.6. The standard InChI is InChI=1S/C11H21N7O/c1-4-18(5-2)11-16-9(12)15-10(17-11)14-7-6-13-8(3)19/h4-7H2,1-3H3,(H,13,19)(H3,12,14,15,16,17). The Balaban J connectivity index is 2.65. The van der Waals surface area contributed by atoms with Gasteiger partial charge in [0.05, 0.1) is 0 Å². The van der Waals surface area contributed by atoms with E-state index in [0.29, 0.717) is 25.0 Å². The van der Waals surface area contributed by atoms with Crippen molar-refractivity contribution in [1.82, 2.24) is 20.3 Å². The van der Waals surface area contributed by atoms with Crippen molar-refractivity contribution < 1.29 is 4.79 Å². The number of nitrogen functional groups attached to an aromatic ring is 1. The van der Waals surface area contributed by atoms with Crippen LogP contribution in [0.3, 0.4) is 0 Å². The first-order valence-corrected chi connectivity index (χ1v) is 6.31. The maximum absolute atomic E-state index is 10.7. The van der Waals surface area contributed by atoms with Crippen LogP contribution in [0.4, 0.5) is 17.8 Å². The van der Waals surface area contributed by atoms with Crippen LogP contribution in [0.2, 0.25) is 0 Å². The Morgan fingerprint density at radius 3 is 2.47 bits per heavy atom. The number of rotatable bonds is 7. The number of amides is 1. The van der Waals surface area contributed by atoms with Crippen LogP contribution in [0.25, 0.3) is 0 Å². The van der Waals surface area contributed by atoms with E-state index in [-0.39, 0.29) is 11.9 Å². The Labute approximate surface area is 112 Å². The largest absolute Gasteiger partial charge is 0.368 e. The van der Waals surface area contributed by atoms with Crippen LogP contribution in [0, 0.1) is 0 Å². The molecule has 106 valence electrons. The van der Waals surface area contributed by atoms with E-state index in [9.17, 15) is 4.79 Å². The number of aromatic nitrogens is 3. The highest BCUT2D eigenvalue weighted by atomic mass is 16.1. The van der Waals surface area contributed by atoms with Gasteiger partial charge in [-0.1, -0.05) is 0 Å². The smallest absolute Gasteiger partial charge is 0.231 e. The van der Waals surface area contributed by atoms with Gasteiger partial charge in [-0.2, -0.15) is 15.0 Å². The van der Waals surface area contributed by atoms with E-state index < -0.39 is 0 Å². The molecule has 0 saturated heterocycles. The van der Waals surface area contributed by atoms with E-state index in [1.54, 1.807) is 0 Å². The highest BCUT2D eigenvalue weighted by molar-refractivity contribution is 5.72. The first kappa shape index (κ1) is 14.9. The SMILES string of the molecule is CCN(CC)c1nc(N)nc(NCCNC(C)=O)n1. The molecule has 0 fully saturated rings. The van der Waals surface area contributed by atoms with Crippen molar-refractivity contribution in [3.05, 3.63) is 0 Å². The van der Waals surface area contributed by atoms with Crippen LogP contribution in [-0.2, 0) is 4.79 Å². The number of hydrogen-bond donors (Lipinski definition) is 3. The highest BCUT2D eigenvalue weighted by Crippen LogP contribution is 2.11. The summed E-state index contributed by atoms with van der Waals surface area (Å²) in [4.78, 5) is 25.1. The molecule has 0 spiro atoms. The zero-order valence-electron chi connectivity index (χ0n) is 11.6. The highest BCUT2D eigenvalue weighted by Gasteiger charge is 2.09. The second-order valence-electron chi connectivity index (χ2n) is 3.90. The van der Waals surface area contributed by atoms with Gasteiger partial charge >= 0.3 is 0 Å². The quantitative estimate of drug-likeness (QED) is 0.589. The van der Waals surface area contributed by atoms with Crippen molar-refractivity contribution in [2.75, 3.05) is 42.1 Å². The minimum absolute atomic E-state index is 0.0687. The van der Waals surface area contributed by atoms with Crippen molar-refractivity contribution in [3.8, 4) is 0 Å². The van der Waals surface area contributed by atoms with Crippen LogP contribution in [0.15, 0.2) is 0 Å². The summed E-state index contributed by atoms with van der Waals surface area (Å²) in [5.74, 6) is 1.08. The summed E-state index contributed by atoms with van der Waals surface area (Å²) in [7, 11) is 0. The number of nitrogens with two attached hydrogens (primary N) is 1. The van der Waals surface area contributed by atoms with E-state index in [0.717, 1.165) is 13.1 Å². The third-order valence-corrected chi connectivity index (χ3v) is 2.47. The molecule has 0 atom stereocenters. The molecule has 8 nitrogen and oxygen atoms in total. The predicted octanol–water partition coefficient (Wildman–Crippen LogP) is -0.152. The molecule has 1 aromatic rings. The Morgan fingerprint density at radius 1 is 1.21 bits per heavy atom. The predicted molar refractivity (Wildman–Crippen MR) is 75.0 cm³/mol. The number of hydrogen-bond acceptors (Lipinski definition) is 7. The minimum Gasteiger partial charge on any atom is -0.368 e. The number of anilines is 3. The molecule has 0 aromatic carbocycles. The molecule has 1 amide bonds. The maximum Gasteiger partial charge on any atom is 0.231 e. The van der Waals surface area contributed by atoms with Crippen LogP contribution in [-0.4, -0.2) is 47.0 Å². The van der Waals surface area contributed by atoms with Gasteiger partial charge in [-0.25, -0.2) is 0 Å². The normalized spacial score (nSPS) is 10.1. The van der Waals surface area contributed by atoms with Crippen molar-refractivity contribution in [3.63, 3.8) is 0 Å². The molecule has 0 bridgehead atoms. The topological polar surface area (TPSA) is 109 Å². The lowest BCUT2D eigenvalue weighted by atomic mass is 10.5. The molecule has 1 aromatic heterocycles. The fourth-order valence-corrected chi connectivity index (χ4v) is 1.52. The average Bonchev–Trinajstić information content (AvgIpc) is 2.35. The fraction of sp³-hybridized carbons (Fsp3) is 0.636. The molecular formula is C11H21N7O. The summed E-state index contributed by atoms with van der Waals surface area (Å²) in [5, 5.41) is 5.68. The van der Waals surface area contributed by atoms with Gasteiger partial charge in [-0.05, 0) is 13.8 Å². The first-order chi connectivity index (χ1) is 9.06. The monoisotopic (exact) mass is 267 g/mol. The van der Waals surface area contributed by atoms with Gasteiger partial charge in [0.25, 0.3) is 0 Å². The van der Waals surface area contributed by atoms with Crippen LogP contribution < -0.4 is 21.3 Å². The van der Waals surface area contributed by atoms with Gasteiger partial charge in [0, 0.05) is 33.1 Å². The molecule has 0 radical (unpaired) electrons. The van der Waals surface area contributed by atoms with Gasteiger partial charge in [0.15, 0.2) is 0 Å². The summed E-state index contributed by atoms with van der Waals surface area (Å²) >= 11 is 0. The number of carbonyl (C=O) groups is 1. The van der Waals surface area contributed by atoms with E-state index in [2.05, 4.69) is 25.6 Å². The van der Waals surface area contributed by atoms with Crippen molar-refractivity contribution in [2.45, 2.75) is 20.8 Å². The van der Waals surface area contributed by atoms with Crippen LogP contribution in [0.5, 0.6) is 0 Å². The van der Waals surface area contributed by atoms with E-state index in [4.69, 9.17) is 5.73 Å². The minimum atomic E-state index is -0.0687. The summed E-state index contributed by atoms with van der Waals surface area (Å²) in [6.07, 6.45) is 0. The summed E-state index contributed by atoms with van der Waals surface area (Å²) in [5.41, 5.74) is 5.66. The van der Waals surface area contributed by atoms with E-state index in [1.807, 2.05) is 18.7 Å². The first-order valence-electron chi connectivity index (χ1n) is 6.31. The molecule has 1 heterocycles. The van der Waals surface area contributed by atoms with Gasteiger partial charge in [-0.15, -0.1) is 0 Å². The Morgan fingerprint density at radius 2 is 1.89 bits per heavy atom. The third-order valence-electron chi connectivity index (χ3n) is 2.47. The lowest BCUT2D eigenvalue weighted by Gasteiger charge is -2.19. The maximum atomic E-state index is 10.7. The Bertz CT molecular complexity index is 420. The van der Waals surface area contributed by atoms with Gasteiger partial charge in [0.2, 0.25) is 23.8 Å². The molecule has 0 aliphatic heterocycles. The van der Waals surface area contributed by atoms with Crippen molar-refractivity contribution >= 4 is 23.8 Å². The lowest BCUT2D eigenvalue weighted by Crippen LogP contribution is -2.28. The number of nitrogens with zero attached hydrogens (tertiary/aromatic N) is 4. The molecule has 8 heteroatoms. The van der Waals surface area contributed by atoms with Gasteiger partial charge in [0.1, 0.15) is 0 Å². The second-order valence-corrected chi connectivity index (χ2v) is 3.90. The molecule has 0 unspecified atom stereocenters. The molecule has 19 heavy (non-hydrogen) atoms. The van der Waals surface area contributed by atoms with E-state index >= 15 is 0 Å². The summed E-state index contributed by atoms with van der Waals surface area (Å²) in [6.45, 7) is 8.14. The fourth-order valence-electron chi connectivity index (χ4n) is 1.52. The van der Waals surface area contributed by atoms with Crippen molar-refractivity contribution in [2.24, 2.45) is 0 Å². The summed E-state index contributed by atoms with van der Waals surface area (Å²) < 4.78 is 0. The third kappa shape index (κ3) is 4.94. The van der Waals surface area contributed by atoms with Crippen LogP contribution >= 0.6 is 0 Å². The molecule has 0 saturated carbocycles. The van der Waals surface area contributed by atoms with E-state index in [1.165, 1.54) is 6.92 Å². The molecule has 1 rings (SSSR count). The molecule has 0 aliphatic rings. The van der Waals surface area contributed by atoms with Gasteiger partial charge < -0.3 is 21.3 Å². The molecule has 0 aliphatic carbocycles. The van der Waals surface area contributed by atoms with Gasteiger partial charge in [-0.3, -0.25) is 4.79 Å². The molecule has 4 N–H and O–H groups in total. The molecular weight excluding hydrogens is 246 g/mol. The lowest BCUT2D eigenvalue weighted by molar-refractivity contribution is -0.118. The van der Waals surface area contributed by atoms with Crippen LogP contribution in [0.1, 0.15) is 20.8 Å². The Hall–Kier alpha value is -2.12. The number of nitrogens with one attached hydrogen (secondary N) is 2. The second kappa shape index (κ2) is 7.34. The summed E-state index contributed by atoms with van der Waals surface area (Å²) in [6, 6.07) is 0. The zero-order chi connectivity index (χ0) is 14.3. The van der Waals surface area contributed by atoms with Crippen molar-refractivity contribution in [1.29, 1.82) is 0 Å². The average molecular weight is 267 g/mol. The number of carbonyl (C=O) groups excluding carboxylic acids is 1. The Kier molecular flexibility index (Phi) is 5.77.